The summed E-state index contributed by atoms with van der Waals surface area (Å²) in [6, 6.07) is 0. The van der Waals surface area contributed by atoms with Gasteiger partial charge in [0.25, 0.3) is 0 Å². The lowest BCUT2D eigenvalue weighted by Crippen LogP contribution is -2.60. The van der Waals surface area contributed by atoms with Crippen LogP contribution in [-0.2, 0) is 19.2 Å². The maximum atomic E-state index is 13.3. The van der Waals surface area contributed by atoms with Crippen LogP contribution in [0.25, 0.3) is 0 Å². The summed E-state index contributed by atoms with van der Waals surface area (Å²) in [6.45, 7) is 7.95. The van der Waals surface area contributed by atoms with Gasteiger partial charge in [-0.25, -0.2) is 0 Å². The molecule has 8 aliphatic rings. The summed E-state index contributed by atoms with van der Waals surface area (Å²) in [5.41, 5.74) is 0.0237. The highest BCUT2D eigenvalue weighted by Crippen LogP contribution is 2.67. The van der Waals surface area contributed by atoms with E-state index >= 15 is 0 Å². The van der Waals surface area contributed by atoms with Gasteiger partial charge in [-0.1, -0.05) is 44.9 Å². The molecule has 6 saturated carbocycles. The fourth-order valence-corrected chi connectivity index (χ4v) is 13.2. The predicted octanol–water partition coefficient (Wildman–Crippen LogP) is 5.65. The third-order valence-corrected chi connectivity index (χ3v) is 15.9. The second-order valence-corrected chi connectivity index (χ2v) is 17.6. The van der Waals surface area contributed by atoms with E-state index in [1.807, 2.05) is 26.0 Å². The summed E-state index contributed by atoms with van der Waals surface area (Å²) in [5, 5.41) is 30.9. The average Bonchev–Trinajstić information content (AvgIpc) is 3.49. The molecule has 47 heavy (non-hydrogen) atoms. The first-order chi connectivity index (χ1) is 22.1. The van der Waals surface area contributed by atoms with Crippen LogP contribution in [-0.4, -0.2) is 56.8 Å². The molecule has 0 aromatic heterocycles. The van der Waals surface area contributed by atoms with Crippen LogP contribution >= 0.6 is 0 Å². The molecular weight excluding hydrogens is 592 g/mol. The van der Waals surface area contributed by atoms with Crippen molar-refractivity contribution in [3.05, 3.63) is 35.5 Å². The van der Waals surface area contributed by atoms with Crippen LogP contribution in [0.4, 0.5) is 0 Å². The zero-order chi connectivity index (χ0) is 33.7. The number of rotatable bonds is 2. The van der Waals surface area contributed by atoms with E-state index in [9.17, 15) is 34.5 Å². The van der Waals surface area contributed by atoms with Gasteiger partial charge in [-0.3, -0.25) is 19.2 Å². The minimum absolute atomic E-state index is 0.0206. The number of ketones is 4. The average molecular weight is 647 g/mol. The number of fused-ring (bicyclic) bond motifs is 10. The summed E-state index contributed by atoms with van der Waals surface area (Å²) in [4.78, 5) is 49.2. The Morgan fingerprint density at radius 2 is 1.51 bits per heavy atom. The molecule has 0 aromatic rings. The summed E-state index contributed by atoms with van der Waals surface area (Å²) in [6.07, 6.45) is 18.5. The molecule has 7 nitrogen and oxygen atoms in total. The number of hydrogen-bond acceptors (Lipinski definition) is 7. The van der Waals surface area contributed by atoms with Gasteiger partial charge in [0.2, 0.25) is 0 Å². The normalized spacial score (nSPS) is 49.6. The fraction of sp³-hybridized carbons (Fsp3) is 0.750. The highest BCUT2D eigenvalue weighted by molar-refractivity contribution is 6.02. The third-order valence-electron chi connectivity index (χ3n) is 15.9. The van der Waals surface area contributed by atoms with Crippen LogP contribution in [0, 0.1) is 57.2 Å². The zero-order valence-electron chi connectivity index (χ0n) is 28.7. The minimum Gasteiger partial charge on any atom is -0.393 e. The first-order valence-electron chi connectivity index (χ1n) is 18.4. The topological polar surface area (TPSA) is 129 Å². The highest BCUT2D eigenvalue weighted by atomic mass is 16.3. The van der Waals surface area contributed by atoms with Gasteiger partial charge in [0.05, 0.1) is 6.10 Å². The molecule has 0 amide bonds. The van der Waals surface area contributed by atoms with Crippen LogP contribution in [0.1, 0.15) is 111 Å². The second kappa shape index (κ2) is 11.1. The molecule has 0 unspecified atom stereocenters. The van der Waals surface area contributed by atoms with E-state index in [1.165, 1.54) is 31.3 Å². The molecule has 0 aromatic carbocycles. The predicted molar refractivity (Wildman–Crippen MR) is 177 cm³/mol. The van der Waals surface area contributed by atoms with E-state index < -0.39 is 28.8 Å². The molecule has 0 heterocycles. The fourth-order valence-electron chi connectivity index (χ4n) is 13.2. The highest BCUT2D eigenvalue weighted by Gasteiger charge is 2.68. The number of hydrogen-bond donors (Lipinski definition) is 3. The monoisotopic (exact) mass is 646 g/mol. The van der Waals surface area contributed by atoms with Crippen molar-refractivity contribution in [2.75, 3.05) is 6.61 Å². The Hall–Kier alpha value is -2.22. The summed E-state index contributed by atoms with van der Waals surface area (Å²) in [5.74, 6) is 1.98. The SMILES string of the molecule is C[C@]12C=CC(=O)C=C1CC[C@@H]1[C@@H]2C(=O)C[C@@]2(C)[C@H]1CC[C@]2(O)C(=O)CO.C[C@]12CC[C@H]3[C@@H](CCC4=CC(=O)CC[C@@]43C)[C@@H]1CC[C@@H]2O. The zero-order valence-corrected chi connectivity index (χ0v) is 28.7. The van der Waals surface area contributed by atoms with Crippen molar-refractivity contribution in [1.29, 1.82) is 0 Å². The molecular formula is C40H54O7. The van der Waals surface area contributed by atoms with Gasteiger partial charge in [0.1, 0.15) is 18.0 Å². The van der Waals surface area contributed by atoms with E-state index in [0.29, 0.717) is 24.5 Å². The minimum atomic E-state index is -1.62. The molecule has 0 radical (unpaired) electrons. The van der Waals surface area contributed by atoms with Crippen molar-refractivity contribution in [1.82, 2.24) is 0 Å². The van der Waals surface area contributed by atoms with Gasteiger partial charge in [0, 0.05) is 29.6 Å². The number of Topliss-reactive ketones (excluding diaryl/α,β-unsaturated/α-hetero) is 2. The Bertz CT molecular complexity index is 1490. The largest absolute Gasteiger partial charge is 0.393 e. The molecule has 0 aliphatic heterocycles. The Balaban J connectivity index is 0.000000153. The van der Waals surface area contributed by atoms with Gasteiger partial charge in [-0.15, -0.1) is 0 Å². The van der Waals surface area contributed by atoms with E-state index in [1.54, 1.807) is 12.2 Å². The Morgan fingerprint density at radius 1 is 0.809 bits per heavy atom. The van der Waals surface area contributed by atoms with Crippen LogP contribution in [0.3, 0.4) is 0 Å². The van der Waals surface area contributed by atoms with Crippen molar-refractivity contribution in [3.63, 3.8) is 0 Å². The first-order valence-corrected chi connectivity index (χ1v) is 18.4. The molecule has 3 N–H and O–H groups in total. The van der Waals surface area contributed by atoms with E-state index in [0.717, 1.165) is 55.9 Å². The summed E-state index contributed by atoms with van der Waals surface area (Å²) >= 11 is 0. The van der Waals surface area contributed by atoms with Crippen LogP contribution < -0.4 is 0 Å². The van der Waals surface area contributed by atoms with Crippen LogP contribution in [0.5, 0.6) is 0 Å². The molecule has 0 spiro atoms. The number of carbonyl (C=O) groups excluding carboxylic acids is 4. The van der Waals surface area contributed by atoms with Gasteiger partial charge in [0.15, 0.2) is 17.3 Å². The number of aliphatic hydroxyl groups excluding tert-OH is 2. The smallest absolute Gasteiger partial charge is 0.190 e. The lowest BCUT2D eigenvalue weighted by atomic mass is 9.46. The maximum Gasteiger partial charge on any atom is 0.190 e. The maximum absolute atomic E-state index is 13.3. The molecule has 12 atom stereocenters. The van der Waals surface area contributed by atoms with Gasteiger partial charge in [-0.2, -0.15) is 0 Å². The lowest BCUT2D eigenvalue weighted by Gasteiger charge is -2.57. The van der Waals surface area contributed by atoms with E-state index in [-0.39, 0.29) is 52.7 Å². The first kappa shape index (κ1) is 33.3. The molecule has 0 saturated heterocycles. The number of carbonyl (C=O) groups is 4. The van der Waals surface area contributed by atoms with Crippen molar-refractivity contribution in [3.8, 4) is 0 Å². The lowest BCUT2D eigenvalue weighted by molar-refractivity contribution is -0.168. The second-order valence-electron chi connectivity index (χ2n) is 17.6. The molecule has 0 bridgehead atoms. The van der Waals surface area contributed by atoms with Crippen molar-refractivity contribution in [2.24, 2.45) is 57.2 Å². The Labute approximate surface area is 279 Å². The summed E-state index contributed by atoms with van der Waals surface area (Å²) in [7, 11) is 0. The Morgan fingerprint density at radius 3 is 2.26 bits per heavy atom. The van der Waals surface area contributed by atoms with E-state index in [2.05, 4.69) is 13.8 Å². The molecule has 7 heteroatoms. The Kier molecular flexibility index (Phi) is 7.89. The van der Waals surface area contributed by atoms with E-state index in [4.69, 9.17) is 0 Å². The number of aliphatic hydroxyl groups is 3. The van der Waals surface area contributed by atoms with Gasteiger partial charge < -0.3 is 15.3 Å². The standard InChI is InChI=1S/C21H26O5.C19H28O2/c1-19-7-5-13(23)9-12(19)3-4-14-15-6-8-21(26,17(25)11-22)20(15,2)10-16(24)18(14)19;1-18-9-7-13(20)11-12(18)3-4-14-15-5-6-17(21)19(15,2)10-8-16(14)18/h5,7,9,14-15,18,22,26H,3-4,6,8,10-11H2,1-2H3;11,14-17,21H,3-10H2,1-2H3/t14-,15-,18+,19-,20-,21-;14-,15-,16-,17-,18-,19-/m00/s1. The van der Waals surface area contributed by atoms with Crippen molar-refractivity contribution >= 4 is 23.1 Å². The molecule has 6 fully saturated rings. The quantitative estimate of drug-likeness (QED) is 0.354. The molecule has 8 aliphatic carbocycles. The third kappa shape index (κ3) is 4.61. The molecule has 8 rings (SSSR count). The van der Waals surface area contributed by atoms with Crippen LogP contribution in [0.15, 0.2) is 35.5 Å². The van der Waals surface area contributed by atoms with Gasteiger partial charge in [-0.05, 0) is 129 Å². The van der Waals surface area contributed by atoms with Crippen molar-refractivity contribution in [2.45, 2.75) is 123 Å². The molecule has 256 valence electrons. The van der Waals surface area contributed by atoms with Crippen molar-refractivity contribution < 1.29 is 34.5 Å². The summed E-state index contributed by atoms with van der Waals surface area (Å²) < 4.78 is 0. The number of allylic oxidation sites excluding steroid dienone is 5. The van der Waals surface area contributed by atoms with Gasteiger partial charge >= 0.3 is 0 Å². The van der Waals surface area contributed by atoms with Crippen LogP contribution in [0.2, 0.25) is 0 Å².